The average molecular weight is 427 g/mol. The topological polar surface area (TPSA) is 52.6 Å². The minimum Gasteiger partial charge on any atom is -0.372 e. The summed E-state index contributed by atoms with van der Waals surface area (Å²) in [7, 11) is 0. The van der Waals surface area contributed by atoms with Crippen LogP contribution >= 0.6 is 0 Å². The van der Waals surface area contributed by atoms with Gasteiger partial charge in [0, 0.05) is 26.2 Å². The lowest BCUT2D eigenvalue weighted by molar-refractivity contribution is -0.136. The fraction of sp³-hybridized carbons (Fsp3) is 0.321. The van der Waals surface area contributed by atoms with Crippen LogP contribution in [-0.2, 0) is 16.9 Å². The fourth-order valence-electron chi connectivity index (χ4n) is 5.25. The van der Waals surface area contributed by atoms with Gasteiger partial charge in [-0.3, -0.25) is 9.69 Å². The van der Waals surface area contributed by atoms with Gasteiger partial charge in [0.15, 0.2) is 5.60 Å². The van der Waals surface area contributed by atoms with Crippen LogP contribution in [0, 0.1) is 24.7 Å². The van der Waals surface area contributed by atoms with Crippen molar-refractivity contribution in [2.24, 2.45) is 17.8 Å². The molecule has 5 rings (SSSR count). The van der Waals surface area contributed by atoms with E-state index in [2.05, 4.69) is 40.5 Å². The van der Waals surface area contributed by atoms with Crippen LogP contribution in [-0.4, -0.2) is 35.5 Å². The second-order valence-corrected chi connectivity index (χ2v) is 9.32. The average Bonchev–Trinajstić information content (AvgIpc) is 3.28. The number of aryl methyl sites for hydroxylation is 1. The van der Waals surface area contributed by atoms with E-state index in [9.17, 15) is 9.90 Å². The zero-order chi connectivity index (χ0) is 22.1. The Balaban J connectivity index is 1.23. The molecule has 1 heterocycles. The van der Waals surface area contributed by atoms with Crippen molar-refractivity contribution in [1.29, 1.82) is 0 Å². The number of benzene rings is 3. The Kier molecular flexibility index (Phi) is 5.58. The second-order valence-electron chi connectivity index (χ2n) is 9.32. The molecule has 2 aliphatic rings. The van der Waals surface area contributed by atoms with E-state index < -0.39 is 5.60 Å². The maximum Gasteiger partial charge on any atom is 0.261 e. The lowest BCUT2D eigenvalue weighted by Gasteiger charge is -2.28. The summed E-state index contributed by atoms with van der Waals surface area (Å²) in [5.41, 5.74) is 1.93. The molecule has 2 N–H and O–H groups in total. The zero-order valence-corrected chi connectivity index (χ0v) is 18.4. The quantitative estimate of drug-likeness (QED) is 0.605. The van der Waals surface area contributed by atoms with Gasteiger partial charge < -0.3 is 10.4 Å². The predicted molar refractivity (Wildman–Crippen MR) is 126 cm³/mol. The number of aliphatic hydroxyl groups is 1. The van der Waals surface area contributed by atoms with Crippen molar-refractivity contribution < 1.29 is 9.90 Å². The third-order valence-corrected chi connectivity index (χ3v) is 7.18. The van der Waals surface area contributed by atoms with Crippen molar-refractivity contribution in [1.82, 2.24) is 10.2 Å². The summed E-state index contributed by atoms with van der Waals surface area (Å²) in [5, 5.41) is 14.7. The predicted octanol–water partition coefficient (Wildman–Crippen LogP) is 3.73. The summed E-state index contributed by atoms with van der Waals surface area (Å²) >= 11 is 0. The molecule has 1 saturated heterocycles. The number of hydrogen-bond donors (Lipinski definition) is 2. The van der Waals surface area contributed by atoms with E-state index in [-0.39, 0.29) is 5.91 Å². The highest BCUT2D eigenvalue weighted by molar-refractivity contribution is 5.90. The third kappa shape index (κ3) is 3.96. The van der Waals surface area contributed by atoms with Gasteiger partial charge in [0.25, 0.3) is 5.91 Å². The summed E-state index contributed by atoms with van der Waals surface area (Å²) in [6.45, 7) is 5.78. The van der Waals surface area contributed by atoms with Crippen molar-refractivity contribution in [2.45, 2.75) is 19.1 Å². The first-order chi connectivity index (χ1) is 15.6. The van der Waals surface area contributed by atoms with Crippen LogP contribution in [0.4, 0.5) is 0 Å². The van der Waals surface area contributed by atoms with Crippen molar-refractivity contribution in [3.05, 3.63) is 107 Å². The number of nitrogens with one attached hydrogen (secondary N) is 1. The molecule has 1 saturated carbocycles. The maximum atomic E-state index is 13.3. The van der Waals surface area contributed by atoms with Crippen LogP contribution in [0.3, 0.4) is 0 Å². The summed E-state index contributed by atoms with van der Waals surface area (Å²) in [6.07, 6.45) is 0. The Morgan fingerprint density at radius 3 is 2.09 bits per heavy atom. The molecule has 1 aliphatic heterocycles. The van der Waals surface area contributed by atoms with Gasteiger partial charge in [0.05, 0.1) is 0 Å². The van der Waals surface area contributed by atoms with Gasteiger partial charge in [-0.15, -0.1) is 0 Å². The highest BCUT2D eigenvalue weighted by Crippen LogP contribution is 2.51. The standard InChI is InChI=1S/C28H30N2O2/c1-20-12-14-23(15-13-20)28(32,22-10-6-3-7-11-22)27(31)29-16-24-25-18-30(19-26(24)25)17-21-8-4-2-5-9-21/h2-15,24-26,32H,16-19H2,1H3,(H,29,31)/t24?,25?,26?,28-/m0/s1. The number of likely N-dealkylation sites (tertiary alicyclic amines) is 1. The molecule has 3 aromatic carbocycles. The molecule has 164 valence electrons. The number of carbonyl (C=O) groups is 1. The van der Waals surface area contributed by atoms with Crippen LogP contribution in [0.25, 0.3) is 0 Å². The fourth-order valence-corrected chi connectivity index (χ4v) is 5.25. The molecule has 1 aliphatic carbocycles. The number of piperidine rings is 1. The van der Waals surface area contributed by atoms with Crippen LogP contribution in [0.1, 0.15) is 22.3 Å². The molecule has 32 heavy (non-hydrogen) atoms. The molecule has 0 radical (unpaired) electrons. The summed E-state index contributed by atoms with van der Waals surface area (Å²) in [4.78, 5) is 15.8. The first kappa shape index (κ1) is 20.9. The minimum atomic E-state index is -1.70. The van der Waals surface area contributed by atoms with Crippen LogP contribution in [0.5, 0.6) is 0 Å². The molecule has 3 aromatic rings. The number of carbonyl (C=O) groups excluding carboxylic acids is 1. The molecule has 0 bridgehead atoms. The van der Waals surface area contributed by atoms with Crippen molar-refractivity contribution >= 4 is 5.91 Å². The van der Waals surface area contributed by atoms with E-state index >= 15 is 0 Å². The van der Waals surface area contributed by atoms with Crippen LogP contribution < -0.4 is 5.32 Å². The van der Waals surface area contributed by atoms with Crippen LogP contribution in [0.15, 0.2) is 84.9 Å². The Hall–Kier alpha value is -2.95. The first-order valence-electron chi connectivity index (χ1n) is 11.5. The van der Waals surface area contributed by atoms with Crippen molar-refractivity contribution in [3.8, 4) is 0 Å². The number of nitrogens with zero attached hydrogens (tertiary/aromatic N) is 1. The van der Waals surface area contributed by atoms with Gasteiger partial charge in [-0.25, -0.2) is 0 Å². The van der Waals surface area contributed by atoms with Gasteiger partial charge in [-0.2, -0.15) is 0 Å². The van der Waals surface area contributed by atoms with Gasteiger partial charge >= 0.3 is 0 Å². The van der Waals surface area contributed by atoms with Gasteiger partial charge in [0.2, 0.25) is 0 Å². The first-order valence-corrected chi connectivity index (χ1v) is 11.5. The molecule has 0 spiro atoms. The lowest BCUT2D eigenvalue weighted by atomic mass is 9.85. The molecule has 2 unspecified atom stereocenters. The maximum absolute atomic E-state index is 13.3. The smallest absolute Gasteiger partial charge is 0.261 e. The number of rotatable bonds is 7. The molecule has 1 amide bonds. The normalized spacial score (nSPS) is 23.9. The Bertz CT molecular complexity index is 1060. The number of amides is 1. The SMILES string of the molecule is Cc1ccc([C@](O)(C(=O)NCC2C3CN(Cc4ccccc4)CC23)c2ccccc2)cc1. The minimum absolute atomic E-state index is 0.348. The van der Waals surface area contributed by atoms with E-state index in [0.717, 1.165) is 25.2 Å². The Labute approximate surface area is 189 Å². The summed E-state index contributed by atoms with van der Waals surface area (Å²) in [5.74, 6) is 1.44. The highest BCUT2D eigenvalue weighted by Gasteiger charge is 2.55. The number of hydrogen-bond acceptors (Lipinski definition) is 3. The largest absolute Gasteiger partial charge is 0.372 e. The molecule has 4 nitrogen and oxygen atoms in total. The molecule has 0 aromatic heterocycles. The summed E-state index contributed by atoms with van der Waals surface area (Å²) < 4.78 is 0. The van der Waals surface area contributed by atoms with E-state index in [1.165, 1.54) is 5.56 Å². The van der Waals surface area contributed by atoms with Crippen molar-refractivity contribution in [3.63, 3.8) is 0 Å². The zero-order valence-electron chi connectivity index (χ0n) is 18.4. The molecular formula is C28H30N2O2. The molecule has 4 heteroatoms. The Morgan fingerprint density at radius 1 is 0.906 bits per heavy atom. The molecular weight excluding hydrogens is 396 g/mol. The van der Waals surface area contributed by atoms with Gasteiger partial charge in [-0.1, -0.05) is 90.5 Å². The monoisotopic (exact) mass is 426 g/mol. The third-order valence-electron chi connectivity index (χ3n) is 7.18. The summed E-state index contributed by atoms with van der Waals surface area (Å²) in [6, 6.07) is 27.4. The van der Waals surface area contributed by atoms with E-state index in [4.69, 9.17) is 0 Å². The van der Waals surface area contributed by atoms with Gasteiger partial charge in [-0.05, 0) is 41.4 Å². The van der Waals surface area contributed by atoms with Crippen molar-refractivity contribution in [2.75, 3.05) is 19.6 Å². The highest BCUT2D eigenvalue weighted by atomic mass is 16.3. The second kappa shape index (κ2) is 8.53. The van der Waals surface area contributed by atoms with E-state index in [0.29, 0.717) is 35.4 Å². The van der Waals surface area contributed by atoms with E-state index in [1.54, 1.807) is 0 Å². The Morgan fingerprint density at radius 2 is 1.47 bits per heavy atom. The number of fused-ring (bicyclic) bond motifs is 1. The molecule has 3 atom stereocenters. The lowest BCUT2D eigenvalue weighted by Crippen LogP contribution is -2.46. The van der Waals surface area contributed by atoms with E-state index in [1.807, 2.05) is 61.5 Å². The molecule has 2 fully saturated rings. The van der Waals surface area contributed by atoms with Crippen LogP contribution in [0.2, 0.25) is 0 Å². The van der Waals surface area contributed by atoms with Gasteiger partial charge in [0.1, 0.15) is 0 Å².